The Bertz CT molecular complexity index is 462. The molecular weight excluding hydrogens is 252 g/mol. The predicted molar refractivity (Wildman–Crippen MR) is 79.9 cm³/mol. The molecule has 1 aromatic carbocycles. The summed E-state index contributed by atoms with van der Waals surface area (Å²) >= 11 is 0. The van der Waals surface area contributed by atoms with Gasteiger partial charge in [-0.2, -0.15) is 0 Å². The SMILES string of the molecule is CCOc1ccccc1C(=O)N(C)C1CCCC1CN. The number of carbonyl (C=O) groups excluding carboxylic acids is 1. The summed E-state index contributed by atoms with van der Waals surface area (Å²) in [6, 6.07) is 7.69. The summed E-state index contributed by atoms with van der Waals surface area (Å²) in [5.41, 5.74) is 6.45. The number of para-hydroxylation sites is 1. The maximum absolute atomic E-state index is 12.7. The number of hydrogen-bond acceptors (Lipinski definition) is 3. The molecular formula is C16H24N2O2. The molecule has 1 amide bonds. The van der Waals surface area contributed by atoms with Crippen LogP contribution in [0.15, 0.2) is 24.3 Å². The van der Waals surface area contributed by atoms with E-state index in [2.05, 4.69) is 0 Å². The first-order valence-electron chi connectivity index (χ1n) is 7.38. The molecule has 0 aliphatic heterocycles. The molecule has 1 aliphatic carbocycles. The highest BCUT2D eigenvalue weighted by atomic mass is 16.5. The van der Waals surface area contributed by atoms with Crippen LogP contribution in [-0.2, 0) is 0 Å². The summed E-state index contributed by atoms with van der Waals surface area (Å²) in [5.74, 6) is 1.11. The van der Waals surface area contributed by atoms with E-state index in [9.17, 15) is 4.79 Å². The van der Waals surface area contributed by atoms with Crippen molar-refractivity contribution in [3.63, 3.8) is 0 Å². The fourth-order valence-electron chi connectivity index (χ4n) is 3.07. The van der Waals surface area contributed by atoms with E-state index in [1.54, 1.807) is 0 Å². The molecule has 110 valence electrons. The van der Waals surface area contributed by atoms with Gasteiger partial charge in [-0.15, -0.1) is 0 Å². The molecule has 2 rings (SSSR count). The average molecular weight is 276 g/mol. The highest BCUT2D eigenvalue weighted by Gasteiger charge is 2.32. The van der Waals surface area contributed by atoms with Crippen molar-refractivity contribution in [3.05, 3.63) is 29.8 Å². The van der Waals surface area contributed by atoms with Crippen LogP contribution in [0.5, 0.6) is 5.75 Å². The minimum absolute atomic E-state index is 0.0272. The molecule has 4 nitrogen and oxygen atoms in total. The fraction of sp³-hybridized carbons (Fsp3) is 0.562. The largest absolute Gasteiger partial charge is 0.493 e. The second kappa shape index (κ2) is 6.75. The summed E-state index contributed by atoms with van der Waals surface area (Å²) in [5, 5.41) is 0. The second-order valence-electron chi connectivity index (χ2n) is 5.34. The Morgan fingerprint density at radius 2 is 2.15 bits per heavy atom. The van der Waals surface area contributed by atoms with Gasteiger partial charge >= 0.3 is 0 Å². The maximum atomic E-state index is 12.7. The monoisotopic (exact) mass is 276 g/mol. The van der Waals surface area contributed by atoms with Crippen LogP contribution in [0, 0.1) is 5.92 Å². The van der Waals surface area contributed by atoms with Gasteiger partial charge in [0.25, 0.3) is 5.91 Å². The lowest BCUT2D eigenvalue weighted by Crippen LogP contribution is -2.41. The van der Waals surface area contributed by atoms with Gasteiger partial charge in [-0.3, -0.25) is 4.79 Å². The van der Waals surface area contributed by atoms with Crippen LogP contribution in [0.3, 0.4) is 0 Å². The van der Waals surface area contributed by atoms with Gasteiger partial charge in [0.1, 0.15) is 5.75 Å². The third-order valence-electron chi connectivity index (χ3n) is 4.16. The topological polar surface area (TPSA) is 55.6 Å². The Morgan fingerprint density at radius 1 is 1.40 bits per heavy atom. The molecule has 1 saturated carbocycles. The zero-order valence-electron chi connectivity index (χ0n) is 12.3. The lowest BCUT2D eigenvalue weighted by atomic mass is 10.0. The van der Waals surface area contributed by atoms with Gasteiger partial charge < -0.3 is 15.4 Å². The van der Waals surface area contributed by atoms with Gasteiger partial charge in [0.15, 0.2) is 0 Å². The highest BCUT2D eigenvalue weighted by molar-refractivity contribution is 5.97. The van der Waals surface area contributed by atoms with Gasteiger partial charge in [-0.05, 0) is 44.4 Å². The van der Waals surface area contributed by atoms with Gasteiger partial charge in [-0.25, -0.2) is 0 Å². The summed E-state index contributed by atoms with van der Waals surface area (Å²) < 4.78 is 5.55. The first-order valence-corrected chi connectivity index (χ1v) is 7.38. The van der Waals surface area contributed by atoms with Crippen molar-refractivity contribution in [3.8, 4) is 5.75 Å². The third-order valence-corrected chi connectivity index (χ3v) is 4.16. The number of hydrogen-bond donors (Lipinski definition) is 1. The lowest BCUT2D eigenvalue weighted by Gasteiger charge is -2.29. The summed E-state index contributed by atoms with van der Waals surface area (Å²) in [6.45, 7) is 3.13. The van der Waals surface area contributed by atoms with Crippen LogP contribution in [0.1, 0.15) is 36.5 Å². The van der Waals surface area contributed by atoms with Crippen molar-refractivity contribution in [2.24, 2.45) is 11.7 Å². The molecule has 0 heterocycles. The van der Waals surface area contributed by atoms with Gasteiger partial charge in [0.05, 0.1) is 12.2 Å². The number of nitrogens with two attached hydrogens (primary N) is 1. The van der Waals surface area contributed by atoms with Crippen molar-refractivity contribution in [2.45, 2.75) is 32.2 Å². The van der Waals surface area contributed by atoms with Crippen LogP contribution in [0.25, 0.3) is 0 Å². The Morgan fingerprint density at radius 3 is 2.85 bits per heavy atom. The van der Waals surface area contributed by atoms with E-state index in [0.29, 0.717) is 30.4 Å². The van der Waals surface area contributed by atoms with Crippen molar-refractivity contribution in [1.82, 2.24) is 4.90 Å². The normalized spacial score (nSPS) is 21.8. The Balaban J connectivity index is 2.18. The smallest absolute Gasteiger partial charge is 0.257 e. The molecule has 20 heavy (non-hydrogen) atoms. The van der Waals surface area contributed by atoms with E-state index in [-0.39, 0.29) is 11.9 Å². The second-order valence-corrected chi connectivity index (χ2v) is 5.34. The molecule has 0 bridgehead atoms. The average Bonchev–Trinajstić information content (AvgIpc) is 2.95. The zero-order valence-corrected chi connectivity index (χ0v) is 12.3. The van der Waals surface area contributed by atoms with Crippen LogP contribution < -0.4 is 10.5 Å². The highest BCUT2D eigenvalue weighted by Crippen LogP contribution is 2.30. The molecule has 2 N–H and O–H groups in total. The van der Waals surface area contributed by atoms with E-state index in [4.69, 9.17) is 10.5 Å². The lowest BCUT2D eigenvalue weighted by molar-refractivity contribution is 0.0695. The van der Waals surface area contributed by atoms with Crippen molar-refractivity contribution >= 4 is 5.91 Å². The van der Waals surface area contributed by atoms with E-state index >= 15 is 0 Å². The summed E-state index contributed by atoms with van der Waals surface area (Å²) in [4.78, 5) is 14.5. The zero-order chi connectivity index (χ0) is 14.5. The van der Waals surface area contributed by atoms with E-state index < -0.39 is 0 Å². The van der Waals surface area contributed by atoms with Crippen LogP contribution in [0.4, 0.5) is 0 Å². The minimum Gasteiger partial charge on any atom is -0.493 e. The fourth-order valence-corrected chi connectivity index (χ4v) is 3.07. The first-order chi connectivity index (χ1) is 9.69. The van der Waals surface area contributed by atoms with Gasteiger partial charge in [-0.1, -0.05) is 18.6 Å². The molecule has 1 aliphatic rings. The van der Waals surface area contributed by atoms with Gasteiger partial charge in [0, 0.05) is 13.1 Å². The summed E-state index contributed by atoms with van der Waals surface area (Å²) in [7, 11) is 1.88. The minimum atomic E-state index is 0.0272. The Hall–Kier alpha value is -1.55. The standard InChI is InChI=1S/C16H24N2O2/c1-3-20-15-10-5-4-8-13(15)16(19)18(2)14-9-6-7-12(14)11-17/h4-5,8,10,12,14H,3,6-7,9,11,17H2,1-2H3. The van der Waals surface area contributed by atoms with Gasteiger partial charge in [0.2, 0.25) is 0 Å². The molecule has 0 spiro atoms. The van der Waals surface area contributed by atoms with Crippen molar-refractivity contribution in [1.29, 1.82) is 0 Å². The molecule has 2 atom stereocenters. The van der Waals surface area contributed by atoms with Crippen LogP contribution in [0.2, 0.25) is 0 Å². The Kier molecular flexibility index (Phi) is 5.01. The number of nitrogens with zero attached hydrogens (tertiary/aromatic N) is 1. The molecule has 0 radical (unpaired) electrons. The number of rotatable bonds is 5. The maximum Gasteiger partial charge on any atom is 0.257 e. The third kappa shape index (κ3) is 2.96. The molecule has 4 heteroatoms. The molecule has 1 aromatic rings. The molecule has 1 fully saturated rings. The van der Waals surface area contributed by atoms with Crippen LogP contribution in [-0.4, -0.2) is 37.0 Å². The van der Waals surface area contributed by atoms with E-state index in [1.807, 2.05) is 43.1 Å². The molecule has 0 aromatic heterocycles. The summed E-state index contributed by atoms with van der Waals surface area (Å²) in [6.07, 6.45) is 3.31. The Labute approximate surface area is 120 Å². The van der Waals surface area contributed by atoms with E-state index in [0.717, 1.165) is 19.3 Å². The molecule has 0 saturated heterocycles. The molecule has 2 unspecified atom stereocenters. The quantitative estimate of drug-likeness (QED) is 0.897. The number of carbonyl (C=O) groups is 1. The number of ether oxygens (including phenoxy) is 1. The van der Waals surface area contributed by atoms with Crippen molar-refractivity contribution in [2.75, 3.05) is 20.2 Å². The predicted octanol–water partition coefficient (Wildman–Crippen LogP) is 2.28. The first kappa shape index (κ1) is 14.9. The van der Waals surface area contributed by atoms with Crippen LogP contribution >= 0.6 is 0 Å². The number of amides is 1. The van der Waals surface area contributed by atoms with E-state index in [1.165, 1.54) is 0 Å². The number of benzene rings is 1. The van der Waals surface area contributed by atoms with Crippen molar-refractivity contribution < 1.29 is 9.53 Å².